The topological polar surface area (TPSA) is 59.8 Å². The van der Waals surface area contributed by atoms with Gasteiger partial charge in [-0.05, 0) is 37.3 Å². The van der Waals surface area contributed by atoms with Crippen LogP contribution in [-0.4, -0.2) is 26.4 Å². The number of nitrogens with zero attached hydrogens (tertiary/aromatic N) is 3. The first-order chi connectivity index (χ1) is 11.1. The smallest absolute Gasteiger partial charge is 0.234 e. The van der Waals surface area contributed by atoms with Crippen LogP contribution in [0.4, 0.5) is 5.69 Å². The number of rotatable bonds is 6. The van der Waals surface area contributed by atoms with Crippen molar-refractivity contribution >= 4 is 23.4 Å². The molecule has 1 aliphatic carbocycles. The lowest BCUT2D eigenvalue weighted by molar-refractivity contribution is -0.113. The van der Waals surface area contributed by atoms with Gasteiger partial charge in [0.05, 0.1) is 5.75 Å². The molecule has 1 N–H and O–H groups in total. The molecule has 0 bridgehead atoms. The molecule has 1 aromatic heterocycles. The number of benzene rings is 1. The molecule has 0 radical (unpaired) electrons. The fraction of sp³-hybridized carbons (Fsp3) is 0.471. The van der Waals surface area contributed by atoms with Crippen molar-refractivity contribution in [1.29, 1.82) is 0 Å². The molecule has 0 saturated heterocycles. The van der Waals surface area contributed by atoms with Crippen molar-refractivity contribution in [1.82, 2.24) is 14.8 Å². The summed E-state index contributed by atoms with van der Waals surface area (Å²) >= 11 is 1.44. The molecule has 1 fully saturated rings. The van der Waals surface area contributed by atoms with E-state index in [0.29, 0.717) is 11.7 Å². The number of aryl methyl sites for hydroxylation is 2. The Morgan fingerprint density at radius 2 is 2.17 bits per heavy atom. The minimum absolute atomic E-state index is 0.00466. The Bertz CT molecular complexity index is 721. The summed E-state index contributed by atoms with van der Waals surface area (Å²) in [6, 6.07) is 6.10. The Labute approximate surface area is 140 Å². The molecule has 1 aliphatic rings. The zero-order valence-corrected chi connectivity index (χ0v) is 14.6. The minimum Gasteiger partial charge on any atom is -0.325 e. The molecule has 3 rings (SSSR count). The lowest BCUT2D eigenvalue weighted by Crippen LogP contribution is -2.16. The molecular weight excluding hydrogens is 308 g/mol. The van der Waals surface area contributed by atoms with Gasteiger partial charge in [0.2, 0.25) is 5.91 Å². The Morgan fingerprint density at radius 3 is 2.87 bits per heavy atom. The number of carbonyl (C=O) groups excluding carboxylic acids is 1. The zero-order chi connectivity index (χ0) is 16.4. The number of para-hydroxylation sites is 1. The molecule has 1 aromatic carbocycles. The number of nitrogens with one attached hydrogen (secondary N) is 1. The van der Waals surface area contributed by atoms with Crippen LogP contribution in [0.25, 0.3) is 0 Å². The summed E-state index contributed by atoms with van der Waals surface area (Å²) < 4.78 is 2.01. The number of anilines is 1. The van der Waals surface area contributed by atoms with Gasteiger partial charge in [-0.3, -0.25) is 4.79 Å². The molecule has 6 heteroatoms. The van der Waals surface area contributed by atoms with Crippen molar-refractivity contribution in [2.45, 2.75) is 44.2 Å². The largest absolute Gasteiger partial charge is 0.325 e. The van der Waals surface area contributed by atoms with Gasteiger partial charge >= 0.3 is 0 Å². The highest BCUT2D eigenvalue weighted by Gasteiger charge is 2.29. The molecule has 23 heavy (non-hydrogen) atoms. The van der Waals surface area contributed by atoms with Crippen LogP contribution in [0, 0.1) is 6.92 Å². The van der Waals surface area contributed by atoms with E-state index >= 15 is 0 Å². The Balaban J connectivity index is 1.62. The summed E-state index contributed by atoms with van der Waals surface area (Å²) in [5.41, 5.74) is 3.20. The summed E-state index contributed by atoms with van der Waals surface area (Å²) in [5, 5.41) is 12.3. The molecule has 1 amide bonds. The normalized spacial score (nSPS) is 14.0. The summed E-state index contributed by atoms with van der Waals surface area (Å²) in [5.74, 6) is 1.94. The van der Waals surface area contributed by atoms with Crippen molar-refractivity contribution in [2.75, 3.05) is 11.1 Å². The monoisotopic (exact) mass is 330 g/mol. The van der Waals surface area contributed by atoms with E-state index in [1.54, 1.807) is 0 Å². The first-order valence-corrected chi connectivity index (χ1v) is 8.99. The van der Waals surface area contributed by atoms with E-state index in [9.17, 15) is 4.79 Å². The first kappa shape index (κ1) is 16.1. The Hall–Kier alpha value is -1.82. The summed E-state index contributed by atoms with van der Waals surface area (Å²) in [6.45, 7) is 4.12. The van der Waals surface area contributed by atoms with Gasteiger partial charge in [0.25, 0.3) is 0 Å². The number of thioether (sulfide) groups is 1. The van der Waals surface area contributed by atoms with E-state index < -0.39 is 0 Å². The maximum absolute atomic E-state index is 12.3. The van der Waals surface area contributed by atoms with Crippen LogP contribution < -0.4 is 5.32 Å². The number of amides is 1. The van der Waals surface area contributed by atoms with Crippen molar-refractivity contribution in [3.63, 3.8) is 0 Å². The SMILES string of the molecule is CCc1cccc(C)c1NC(=O)CSc1nnc(C2CC2)n1C. The molecule has 0 unspecified atom stereocenters. The molecular formula is C17H22N4OS. The molecule has 0 spiro atoms. The second-order valence-corrected chi connectivity index (χ2v) is 6.92. The van der Waals surface area contributed by atoms with Crippen LogP contribution >= 0.6 is 11.8 Å². The van der Waals surface area contributed by atoms with Crippen LogP contribution in [0.5, 0.6) is 0 Å². The van der Waals surface area contributed by atoms with Crippen LogP contribution in [0.1, 0.15) is 42.6 Å². The number of hydrogen-bond acceptors (Lipinski definition) is 4. The highest BCUT2D eigenvalue weighted by atomic mass is 32.2. The van der Waals surface area contributed by atoms with Crippen molar-refractivity contribution in [3.05, 3.63) is 35.2 Å². The maximum atomic E-state index is 12.3. The summed E-state index contributed by atoms with van der Waals surface area (Å²) in [4.78, 5) is 12.3. The van der Waals surface area contributed by atoms with E-state index in [4.69, 9.17) is 0 Å². The van der Waals surface area contributed by atoms with E-state index in [2.05, 4.69) is 28.5 Å². The van der Waals surface area contributed by atoms with Gasteiger partial charge < -0.3 is 9.88 Å². The van der Waals surface area contributed by atoms with Gasteiger partial charge in [-0.25, -0.2) is 0 Å². The summed E-state index contributed by atoms with van der Waals surface area (Å²) in [6.07, 6.45) is 3.30. The fourth-order valence-corrected chi connectivity index (χ4v) is 3.37. The average Bonchev–Trinajstić information content (AvgIpc) is 3.31. The third-order valence-electron chi connectivity index (χ3n) is 4.15. The minimum atomic E-state index is -0.00466. The van der Waals surface area contributed by atoms with Crippen LogP contribution in [-0.2, 0) is 18.3 Å². The standard InChI is InChI=1S/C17H22N4OS/c1-4-12-7-5-6-11(2)15(12)18-14(22)10-23-17-20-19-16(21(17)3)13-8-9-13/h5-7,13H,4,8-10H2,1-3H3,(H,18,22). The van der Waals surface area contributed by atoms with Gasteiger partial charge in [0.15, 0.2) is 5.16 Å². The first-order valence-electron chi connectivity index (χ1n) is 8.00. The number of aromatic nitrogens is 3. The number of carbonyl (C=O) groups is 1. The van der Waals surface area contributed by atoms with Gasteiger partial charge in [-0.15, -0.1) is 10.2 Å². The van der Waals surface area contributed by atoms with E-state index in [-0.39, 0.29) is 5.91 Å². The van der Waals surface area contributed by atoms with Crippen LogP contribution in [0.3, 0.4) is 0 Å². The molecule has 5 nitrogen and oxygen atoms in total. The molecule has 122 valence electrons. The molecule has 1 saturated carbocycles. The summed E-state index contributed by atoms with van der Waals surface area (Å²) in [7, 11) is 1.98. The van der Waals surface area contributed by atoms with E-state index in [1.807, 2.05) is 30.7 Å². The second kappa shape index (κ2) is 6.74. The Kier molecular flexibility index (Phi) is 4.71. The van der Waals surface area contributed by atoms with Crippen molar-refractivity contribution in [3.8, 4) is 0 Å². The van der Waals surface area contributed by atoms with Gasteiger partial charge in [0.1, 0.15) is 5.82 Å². The maximum Gasteiger partial charge on any atom is 0.234 e. The predicted molar refractivity (Wildman–Crippen MR) is 92.9 cm³/mol. The zero-order valence-electron chi connectivity index (χ0n) is 13.8. The highest BCUT2D eigenvalue weighted by Crippen LogP contribution is 2.39. The Morgan fingerprint density at radius 1 is 1.39 bits per heavy atom. The molecule has 0 aliphatic heterocycles. The molecule has 1 heterocycles. The lowest BCUT2D eigenvalue weighted by Gasteiger charge is -2.12. The molecule has 0 atom stereocenters. The van der Waals surface area contributed by atoms with Crippen molar-refractivity contribution in [2.24, 2.45) is 7.05 Å². The average molecular weight is 330 g/mol. The fourth-order valence-electron chi connectivity index (χ4n) is 2.66. The third-order valence-corrected chi connectivity index (χ3v) is 5.17. The molecule has 2 aromatic rings. The lowest BCUT2D eigenvalue weighted by atomic mass is 10.1. The number of hydrogen-bond donors (Lipinski definition) is 1. The predicted octanol–water partition coefficient (Wildman–Crippen LogP) is 3.29. The van der Waals surface area contributed by atoms with E-state index in [0.717, 1.165) is 34.2 Å². The van der Waals surface area contributed by atoms with Crippen LogP contribution in [0.2, 0.25) is 0 Å². The highest BCUT2D eigenvalue weighted by molar-refractivity contribution is 7.99. The van der Waals surface area contributed by atoms with Crippen LogP contribution in [0.15, 0.2) is 23.4 Å². The second-order valence-electron chi connectivity index (χ2n) is 5.97. The van der Waals surface area contributed by atoms with Crippen molar-refractivity contribution < 1.29 is 4.79 Å². The quantitative estimate of drug-likeness (QED) is 0.826. The van der Waals surface area contributed by atoms with Gasteiger partial charge in [-0.2, -0.15) is 0 Å². The van der Waals surface area contributed by atoms with E-state index in [1.165, 1.54) is 24.6 Å². The third kappa shape index (κ3) is 3.58. The van der Waals surface area contributed by atoms with Gasteiger partial charge in [-0.1, -0.05) is 36.9 Å². The van der Waals surface area contributed by atoms with Gasteiger partial charge in [0, 0.05) is 18.7 Å².